The maximum absolute atomic E-state index is 10.9. The van der Waals surface area contributed by atoms with Crippen molar-refractivity contribution in [3.63, 3.8) is 0 Å². The van der Waals surface area contributed by atoms with Crippen LogP contribution in [0.2, 0.25) is 0 Å². The van der Waals surface area contributed by atoms with Gasteiger partial charge in [-0.15, -0.1) is 0 Å². The molecule has 1 N–H and O–H groups in total. The molecule has 0 aliphatic rings. The maximum atomic E-state index is 10.9. The molecular weight excluding hydrogens is 254 g/mol. The van der Waals surface area contributed by atoms with Gasteiger partial charge in [-0.2, -0.15) is 0 Å². The Morgan fingerprint density at radius 3 is 2.45 bits per heavy atom. The van der Waals surface area contributed by atoms with Crippen molar-refractivity contribution in [2.24, 2.45) is 0 Å². The molecule has 106 valence electrons. The molecule has 0 saturated carbocycles. The molecule has 0 bridgehead atoms. The van der Waals surface area contributed by atoms with Crippen LogP contribution in [0.5, 0.6) is 0 Å². The topological polar surface area (TPSA) is 53.7 Å². The van der Waals surface area contributed by atoms with Gasteiger partial charge in [-0.1, -0.05) is 24.3 Å². The van der Waals surface area contributed by atoms with Gasteiger partial charge in [0.25, 0.3) is 0 Å². The quantitative estimate of drug-likeness (QED) is 0.879. The number of rotatable bonds is 6. The van der Waals surface area contributed by atoms with Gasteiger partial charge in [0.15, 0.2) is 0 Å². The summed E-state index contributed by atoms with van der Waals surface area (Å²) in [5, 5.41) is 8.93. The van der Waals surface area contributed by atoms with Crippen molar-refractivity contribution < 1.29 is 14.3 Å². The first-order chi connectivity index (χ1) is 9.54. The third-order valence-corrected chi connectivity index (χ3v) is 3.12. The molecule has 2 rings (SSSR count). The first-order valence-corrected chi connectivity index (χ1v) is 6.57. The summed E-state index contributed by atoms with van der Waals surface area (Å²) in [6, 6.07) is 11.6. The first-order valence-electron chi connectivity index (χ1n) is 6.57. The molecule has 1 heterocycles. The molecule has 1 aromatic heterocycles. The number of hydrogen-bond acceptors (Lipinski definition) is 3. The predicted octanol–water partition coefficient (Wildman–Crippen LogP) is 2.85. The normalized spacial score (nSPS) is 10.9. The second-order valence-corrected chi connectivity index (χ2v) is 5.02. The molecule has 1 aromatic carbocycles. The minimum Gasteiger partial charge on any atom is -0.481 e. The number of carboxylic acids is 1. The van der Waals surface area contributed by atoms with E-state index in [9.17, 15) is 4.79 Å². The number of carbonyl (C=O) groups is 1. The van der Waals surface area contributed by atoms with Crippen LogP contribution in [0.4, 0.5) is 0 Å². The number of carboxylic acid groups (broad SMARTS) is 1. The van der Waals surface area contributed by atoms with E-state index in [0.29, 0.717) is 13.1 Å². The van der Waals surface area contributed by atoms with Crippen LogP contribution in [0.1, 0.15) is 22.6 Å². The Bertz CT molecular complexity index is 589. The van der Waals surface area contributed by atoms with Gasteiger partial charge in [-0.05, 0) is 37.2 Å². The van der Waals surface area contributed by atoms with Gasteiger partial charge in [0, 0.05) is 6.54 Å². The molecule has 0 unspecified atom stereocenters. The average molecular weight is 273 g/mol. The molecule has 0 spiro atoms. The van der Waals surface area contributed by atoms with Crippen LogP contribution in [0.15, 0.2) is 40.8 Å². The number of benzene rings is 1. The Morgan fingerprint density at radius 2 is 1.85 bits per heavy atom. The second kappa shape index (κ2) is 6.39. The molecule has 0 atom stereocenters. The third kappa shape index (κ3) is 3.96. The monoisotopic (exact) mass is 273 g/mol. The highest BCUT2D eigenvalue weighted by Crippen LogP contribution is 2.15. The van der Waals surface area contributed by atoms with Crippen molar-refractivity contribution in [3.05, 3.63) is 59.0 Å². The molecule has 0 fully saturated rings. The van der Waals surface area contributed by atoms with Gasteiger partial charge in [-0.3, -0.25) is 9.69 Å². The van der Waals surface area contributed by atoms with Crippen molar-refractivity contribution in [3.8, 4) is 0 Å². The summed E-state index contributed by atoms with van der Waals surface area (Å²) >= 11 is 0. The van der Waals surface area contributed by atoms with E-state index in [0.717, 1.165) is 22.6 Å². The molecule has 0 radical (unpaired) electrons. The maximum Gasteiger partial charge on any atom is 0.307 e. The predicted molar refractivity (Wildman–Crippen MR) is 76.4 cm³/mol. The molecule has 0 aliphatic carbocycles. The highest BCUT2D eigenvalue weighted by atomic mass is 16.4. The van der Waals surface area contributed by atoms with E-state index in [4.69, 9.17) is 9.52 Å². The van der Waals surface area contributed by atoms with Gasteiger partial charge in [0.2, 0.25) is 0 Å². The lowest BCUT2D eigenvalue weighted by molar-refractivity contribution is -0.136. The summed E-state index contributed by atoms with van der Waals surface area (Å²) in [6.07, 6.45) is 0.0594. The van der Waals surface area contributed by atoms with Crippen molar-refractivity contribution in [1.82, 2.24) is 4.90 Å². The fourth-order valence-corrected chi connectivity index (χ4v) is 2.23. The Labute approximate surface area is 118 Å². The van der Waals surface area contributed by atoms with E-state index < -0.39 is 5.97 Å². The van der Waals surface area contributed by atoms with Crippen molar-refractivity contribution in [2.75, 3.05) is 7.05 Å². The SMILES string of the molecule is Cc1ccc(CN(C)Cc2ccccc2CC(=O)O)o1. The summed E-state index contributed by atoms with van der Waals surface area (Å²) in [7, 11) is 2.00. The van der Waals surface area contributed by atoms with Crippen LogP contribution in [0.25, 0.3) is 0 Å². The van der Waals surface area contributed by atoms with Crippen LogP contribution in [-0.2, 0) is 24.3 Å². The fraction of sp³-hybridized carbons (Fsp3) is 0.312. The lowest BCUT2D eigenvalue weighted by atomic mass is 10.0. The van der Waals surface area contributed by atoms with Crippen LogP contribution < -0.4 is 0 Å². The molecule has 0 saturated heterocycles. The number of aryl methyl sites for hydroxylation is 1. The van der Waals surface area contributed by atoms with E-state index in [1.54, 1.807) is 0 Å². The average Bonchev–Trinajstić information content (AvgIpc) is 2.76. The minimum absolute atomic E-state index is 0.0594. The standard InChI is InChI=1S/C16H19NO3/c1-12-7-8-15(20-12)11-17(2)10-14-6-4-3-5-13(14)9-16(18)19/h3-8H,9-11H2,1-2H3,(H,18,19). The zero-order chi connectivity index (χ0) is 14.5. The minimum atomic E-state index is -0.804. The largest absolute Gasteiger partial charge is 0.481 e. The molecule has 0 amide bonds. The van der Waals surface area contributed by atoms with Crippen molar-refractivity contribution in [1.29, 1.82) is 0 Å². The lowest BCUT2D eigenvalue weighted by Crippen LogP contribution is -2.18. The van der Waals surface area contributed by atoms with Crippen molar-refractivity contribution in [2.45, 2.75) is 26.4 Å². The fourth-order valence-electron chi connectivity index (χ4n) is 2.23. The van der Waals surface area contributed by atoms with Crippen LogP contribution >= 0.6 is 0 Å². The van der Waals surface area contributed by atoms with Crippen LogP contribution in [0.3, 0.4) is 0 Å². The smallest absolute Gasteiger partial charge is 0.307 e. The number of furan rings is 1. The number of nitrogens with zero attached hydrogens (tertiary/aromatic N) is 1. The number of aliphatic carboxylic acids is 1. The van der Waals surface area contributed by atoms with E-state index in [2.05, 4.69) is 4.90 Å². The zero-order valence-electron chi connectivity index (χ0n) is 11.8. The van der Waals surface area contributed by atoms with E-state index in [1.807, 2.05) is 50.4 Å². The third-order valence-electron chi connectivity index (χ3n) is 3.12. The summed E-state index contributed by atoms with van der Waals surface area (Å²) in [5.74, 6) is 1.02. The van der Waals surface area contributed by atoms with Crippen LogP contribution in [0, 0.1) is 6.92 Å². The van der Waals surface area contributed by atoms with E-state index in [1.165, 1.54) is 0 Å². The molecular formula is C16H19NO3. The van der Waals surface area contributed by atoms with Gasteiger partial charge in [0.1, 0.15) is 11.5 Å². The van der Waals surface area contributed by atoms with Gasteiger partial charge in [0.05, 0.1) is 13.0 Å². The van der Waals surface area contributed by atoms with E-state index in [-0.39, 0.29) is 6.42 Å². The molecule has 4 nitrogen and oxygen atoms in total. The number of hydrogen-bond donors (Lipinski definition) is 1. The molecule has 0 aliphatic heterocycles. The first kappa shape index (κ1) is 14.3. The van der Waals surface area contributed by atoms with Crippen molar-refractivity contribution >= 4 is 5.97 Å². The Kier molecular flexibility index (Phi) is 4.58. The second-order valence-electron chi connectivity index (χ2n) is 5.02. The Balaban J connectivity index is 2.03. The summed E-state index contributed by atoms with van der Waals surface area (Å²) in [6.45, 7) is 3.32. The highest BCUT2D eigenvalue weighted by molar-refractivity contribution is 5.70. The van der Waals surface area contributed by atoms with Crippen LogP contribution in [-0.4, -0.2) is 23.0 Å². The lowest BCUT2D eigenvalue weighted by Gasteiger charge is -2.17. The van der Waals surface area contributed by atoms with Gasteiger partial charge in [-0.25, -0.2) is 0 Å². The Hall–Kier alpha value is -2.07. The zero-order valence-corrected chi connectivity index (χ0v) is 11.8. The summed E-state index contributed by atoms with van der Waals surface area (Å²) in [4.78, 5) is 13.0. The molecule has 20 heavy (non-hydrogen) atoms. The Morgan fingerprint density at radius 1 is 1.15 bits per heavy atom. The van der Waals surface area contributed by atoms with E-state index >= 15 is 0 Å². The molecule has 2 aromatic rings. The summed E-state index contributed by atoms with van der Waals surface area (Å²) in [5.41, 5.74) is 1.91. The van der Waals surface area contributed by atoms with Gasteiger partial charge < -0.3 is 9.52 Å². The highest BCUT2D eigenvalue weighted by Gasteiger charge is 2.10. The summed E-state index contributed by atoms with van der Waals surface area (Å²) < 4.78 is 5.55. The molecule has 4 heteroatoms. The van der Waals surface area contributed by atoms with Gasteiger partial charge >= 0.3 is 5.97 Å².